The van der Waals surface area contributed by atoms with Gasteiger partial charge in [-0.1, -0.05) is 0 Å². The van der Waals surface area contributed by atoms with Gasteiger partial charge in [-0.3, -0.25) is 16.7 Å². The molecule has 9 nitrogen and oxygen atoms in total. The van der Waals surface area contributed by atoms with Gasteiger partial charge in [0.25, 0.3) is 0 Å². The molecule has 2 rings (SSSR count). The van der Waals surface area contributed by atoms with E-state index < -0.39 is 45.3 Å². The van der Waals surface area contributed by atoms with Gasteiger partial charge >= 0.3 is 11.4 Å². The number of rotatable bonds is 6. The van der Waals surface area contributed by atoms with E-state index in [1.54, 1.807) is 0 Å². The molecule has 2 unspecified atom stereocenters. The minimum atomic E-state index is -2.97. The van der Waals surface area contributed by atoms with Gasteiger partial charge in [0, 0.05) is 11.5 Å². The molecular formula is C8H18O9S3. The maximum absolute atomic E-state index is 11.4. The van der Waals surface area contributed by atoms with E-state index in [0.29, 0.717) is 12.8 Å². The molecule has 2 aliphatic rings. The zero-order valence-electron chi connectivity index (χ0n) is 10.5. The molecule has 122 valence electrons. The summed E-state index contributed by atoms with van der Waals surface area (Å²) in [5, 5.41) is 0. The first-order valence-corrected chi connectivity index (χ1v) is 10.1. The summed E-state index contributed by atoms with van der Waals surface area (Å²) in [6, 6.07) is 0. The predicted molar refractivity (Wildman–Crippen MR) is 74.5 cm³/mol. The van der Waals surface area contributed by atoms with Crippen molar-refractivity contribution in [1.82, 2.24) is 0 Å². The average Bonchev–Trinajstić information content (AvgIpc) is 2.86. The second kappa shape index (κ2) is 6.75. The zero-order chi connectivity index (χ0) is 14.8. The minimum absolute atomic E-state index is 0.0802. The molecule has 20 heavy (non-hydrogen) atoms. The van der Waals surface area contributed by atoms with Crippen molar-refractivity contribution in [2.45, 2.75) is 25.0 Å². The van der Waals surface area contributed by atoms with Crippen LogP contribution in [0.2, 0.25) is 0 Å². The Morgan fingerprint density at radius 1 is 0.950 bits per heavy atom. The van der Waals surface area contributed by atoms with Crippen LogP contribution in [0.5, 0.6) is 0 Å². The molecule has 0 bridgehead atoms. The fourth-order valence-electron chi connectivity index (χ4n) is 1.72. The highest BCUT2D eigenvalue weighted by Gasteiger charge is 2.34. The molecule has 0 aromatic heterocycles. The van der Waals surface area contributed by atoms with Gasteiger partial charge < -0.3 is 18.2 Å². The summed E-state index contributed by atoms with van der Waals surface area (Å²) >= 11 is -2.03. The summed E-state index contributed by atoms with van der Waals surface area (Å²) < 4.78 is 67.8. The van der Waals surface area contributed by atoms with Crippen LogP contribution in [0.25, 0.3) is 0 Å². The summed E-state index contributed by atoms with van der Waals surface area (Å²) in [6.07, 6.45) is -0.234. The predicted octanol–water partition coefficient (Wildman–Crippen LogP) is 1.51. The Morgan fingerprint density at radius 2 is 1.35 bits per heavy atom. The van der Waals surface area contributed by atoms with Crippen molar-refractivity contribution in [2.24, 2.45) is 0 Å². The van der Waals surface area contributed by atoms with E-state index in [-0.39, 0.29) is 24.7 Å². The molecule has 4 N–H and O–H groups in total. The van der Waals surface area contributed by atoms with Crippen molar-refractivity contribution in [3.8, 4) is 0 Å². The van der Waals surface area contributed by atoms with Gasteiger partial charge in [-0.25, -0.2) is 0 Å². The molecule has 0 amide bonds. The van der Waals surface area contributed by atoms with Gasteiger partial charge in [-0.2, -0.15) is 4.21 Å². The molecule has 0 saturated carbocycles. The number of hydrogen-bond donors (Lipinski definition) is 4. The summed E-state index contributed by atoms with van der Waals surface area (Å²) in [5.41, 5.74) is 0. The minimum Gasteiger partial charge on any atom is -0.308 e. The van der Waals surface area contributed by atoms with Crippen molar-refractivity contribution in [3.05, 3.63) is 0 Å². The summed E-state index contributed by atoms with van der Waals surface area (Å²) in [7, 11) is -5.95. The van der Waals surface area contributed by atoms with Gasteiger partial charge in [0.15, 0.2) is 0 Å². The van der Waals surface area contributed by atoms with E-state index >= 15 is 0 Å². The molecule has 2 saturated heterocycles. The van der Waals surface area contributed by atoms with Crippen molar-refractivity contribution in [2.75, 3.05) is 24.7 Å². The molecular weight excluding hydrogens is 336 g/mol. The van der Waals surface area contributed by atoms with E-state index in [0.717, 1.165) is 0 Å². The van der Waals surface area contributed by atoms with Gasteiger partial charge in [-0.15, -0.1) is 0 Å². The van der Waals surface area contributed by atoms with Crippen LogP contribution in [-0.2, 0) is 28.1 Å². The van der Waals surface area contributed by atoms with E-state index in [1.807, 2.05) is 0 Å². The lowest BCUT2D eigenvalue weighted by molar-refractivity contribution is 0.112. The van der Waals surface area contributed by atoms with E-state index in [4.69, 9.17) is 16.7 Å². The first-order chi connectivity index (χ1) is 9.26. The van der Waals surface area contributed by atoms with Crippen molar-refractivity contribution in [1.29, 1.82) is 0 Å². The highest BCUT2D eigenvalue weighted by molar-refractivity contribution is 8.20. The Bertz CT molecular complexity index is 331. The highest BCUT2D eigenvalue weighted by atomic mass is 32.3. The SMILES string of the molecule is O=S(OCC1CCS(O)(O)O1)OCC1CCS(O)(O)O1. The Morgan fingerprint density at radius 3 is 1.65 bits per heavy atom. The van der Waals surface area contributed by atoms with Crippen molar-refractivity contribution in [3.63, 3.8) is 0 Å². The lowest BCUT2D eigenvalue weighted by Crippen LogP contribution is -2.20. The Kier molecular flexibility index (Phi) is 5.70. The van der Waals surface area contributed by atoms with Gasteiger partial charge in [0.2, 0.25) is 0 Å². The van der Waals surface area contributed by atoms with Crippen molar-refractivity contribution < 1.29 is 39.2 Å². The highest BCUT2D eigenvalue weighted by Crippen LogP contribution is 2.49. The molecule has 0 aromatic carbocycles. The van der Waals surface area contributed by atoms with Crippen LogP contribution >= 0.6 is 21.7 Å². The van der Waals surface area contributed by atoms with Crippen LogP contribution in [0.15, 0.2) is 0 Å². The first kappa shape index (κ1) is 16.9. The summed E-state index contributed by atoms with van der Waals surface area (Å²) in [5.74, 6) is 0.282. The van der Waals surface area contributed by atoms with Crippen LogP contribution in [-0.4, -0.2) is 59.3 Å². The lowest BCUT2D eigenvalue weighted by Gasteiger charge is -2.20. The molecule has 0 spiro atoms. The largest absolute Gasteiger partial charge is 0.308 e. The third kappa shape index (κ3) is 5.38. The van der Waals surface area contributed by atoms with Crippen LogP contribution < -0.4 is 0 Å². The van der Waals surface area contributed by atoms with Crippen LogP contribution in [0.3, 0.4) is 0 Å². The maximum Gasteiger partial charge on any atom is 0.304 e. The molecule has 2 heterocycles. The Labute approximate surface area is 122 Å². The fraction of sp³-hybridized carbons (Fsp3) is 1.00. The van der Waals surface area contributed by atoms with Crippen LogP contribution in [0.4, 0.5) is 0 Å². The lowest BCUT2D eigenvalue weighted by atomic mass is 10.3. The van der Waals surface area contributed by atoms with E-state index in [1.165, 1.54) is 0 Å². The molecule has 0 radical (unpaired) electrons. The summed E-state index contributed by atoms with van der Waals surface area (Å²) in [6.45, 7) is -0.160. The second-order valence-electron chi connectivity index (χ2n) is 4.41. The maximum atomic E-state index is 11.4. The average molecular weight is 354 g/mol. The Hall–Kier alpha value is 0.530. The smallest absolute Gasteiger partial charge is 0.304 e. The zero-order valence-corrected chi connectivity index (χ0v) is 12.9. The standard InChI is InChI=1S/C8H18O9S3/c9-18(14-5-7-1-3-19(10,11)16-7)15-6-8-2-4-20(12,13)17-8/h7-8,10-13H,1-6H2. The first-order valence-electron chi connectivity index (χ1n) is 5.82. The number of hydrogen-bond acceptors (Lipinski definition) is 9. The molecule has 0 aliphatic carbocycles. The Balaban J connectivity index is 1.59. The summed E-state index contributed by atoms with van der Waals surface area (Å²) in [4.78, 5) is 0. The normalized spacial score (nSPS) is 36.6. The van der Waals surface area contributed by atoms with Crippen LogP contribution in [0.1, 0.15) is 12.8 Å². The second-order valence-corrected chi connectivity index (χ2v) is 8.92. The third-order valence-corrected chi connectivity index (χ3v) is 6.05. The van der Waals surface area contributed by atoms with Crippen LogP contribution in [0, 0.1) is 0 Å². The molecule has 0 aromatic rings. The topological polar surface area (TPSA) is 135 Å². The van der Waals surface area contributed by atoms with Crippen molar-refractivity contribution >= 4 is 33.1 Å². The van der Waals surface area contributed by atoms with Gasteiger partial charge in [0.1, 0.15) is 12.2 Å². The monoisotopic (exact) mass is 354 g/mol. The van der Waals surface area contributed by atoms with Gasteiger partial charge in [0.05, 0.1) is 35.0 Å². The van der Waals surface area contributed by atoms with E-state index in [9.17, 15) is 22.4 Å². The molecule has 12 heteroatoms. The molecule has 2 aliphatic heterocycles. The third-order valence-electron chi connectivity index (χ3n) is 2.69. The van der Waals surface area contributed by atoms with Gasteiger partial charge in [-0.05, 0) is 12.8 Å². The fourth-order valence-corrected chi connectivity index (χ4v) is 4.82. The quantitative estimate of drug-likeness (QED) is 0.559. The molecule has 2 fully saturated rings. The van der Waals surface area contributed by atoms with E-state index in [2.05, 4.69) is 0 Å². The molecule has 2 atom stereocenters.